The van der Waals surface area contributed by atoms with Crippen LogP contribution in [0.2, 0.25) is 0 Å². The van der Waals surface area contributed by atoms with E-state index in [1.807, 2.05) is 24.9 Å². The summed E-state index contributed by atoms with van der Waals surface area (Å²) in [5, 5.41) is 7.17. The second-order valence-electron chi connectivity index (χ2n) is 9.62. The van der Waals surface area contributed by atoms with Crippen LogP contribution in [-0.2, 0) is 10.3 Å². The molecule has 2 fully saturated rings. The molecule has 2 aromatic heterocycles. The number of hydrogen-bond acceptors (Lipinski definition) is 5. The lowest BCUT2D eigenvalue weighted by atomic mass is 9.85. The molecule has 1 saturated heterocycles. The van der Waals surface area contributed by atoms with E-state index < -0.39 is 0 Å². The van der Waals surface area contributed by atoms with E-state index in [0.717, 1.165) is 25.1 Å². The van der Waals surface area contributed by atoms with Crippen molar-refractivity contribution in [3.63, 3.8) is 0 Å². The fourth-order valence-corrected chi connectivity index (χ4v) is 4.76. The highest BCUT2D eigenvalue weighted by molar-refractivity contribution is 5.95. The van der Waals surface area contributed by atoms with Crippen molar-refractivity contribution in [3.8, 4) is 0 Å². The fourth-order valence-electron chi connectivity index (χ4n) is 4.76. The van der Waals surface area contributed by atoms with Gasteiger partial charge in [0.25, 0.3) is 5.91 Å². The van der Waals surface area contributed by atoms with Crippen molar-refractivity contribution in [2.45, 2.75) is 64.0 Å². The summed E-state index contributed by atoms with van der Waals surface area (Å²) in [6, 6.07) is -0.0982. The molecule has 154 valence electrons. The highest BCUT2D eigenvalue weighted by atomic mass is 16.5. The molecule has 5 rings (SSSR count). The molecule has 8 heteroatoms. The van der Waals surface area contributed by atoms with E-state index >= 15 is 0 Å². The van der Waals surface area contributed by atoms with Crippen molar-refractivity contribution >= 4 is 11.8 Å². The Balaban J connectivity index is 1.28. The summed E-state index contributed by atoms with van der Waals surface area (Å²) in [5.74, 6) is 1.07. The van der Waals surface area contributed by atoms with Gasteiger partial charge in [0.15, 0.2) is 0 Å². The van der Waals surface area contributed by atoms with Gasteiger partial charge in [-0.3, -0.25) is 9.59 Å². The molecule has 0 radical (unpaired) electrons. The van der Waals surface area contributed by atoms with Gasteiger partial charge in [-0.05, 0) is 24.2 Å². The number of nitrogens with zero attached hydrogens (tertiary/aromatic N) is 4. The monoisotopic (exact) mass is 397 g/mol. The molecule has 2 aliphatic heterocycles. The maximum atomic E-state index is 13.0. The third-order valence-corrected chi connectivity index (χ3v) is 6.73. The standard InChI is InChI=1S/C21H27N5O3/c1-13(2)17-14(10-29-24-17)19(28)25-11-21(12-25)8-15(18-22-6-7-26(18)21)23-16(27)9-20(3)4-5-20/h6-7,10,13,15H,4-5,8-9,11-12H2,1-3H3,(H,23,27). The lowest BCUT2D eigenvalue weighted by molar-refractivity contribution is -0.123. The number of carbonyl (C=O) groups excluding carboxylic acids is 2. The number of hydrogen-bond donors (Lipinski definition) is 1. The fraction of sp³-hybridized carbons (Fsp3) is 0.619. The molecule has 3 aliphatic rings. The second-order valence-corrected chi connectivity index (χ2v) is 9.62. The first-order chi connectivity index (χ1) is 13.8. The Morgan fingerprint density at radius 3 is 2.79 bits per heavy atom. The van der Waals surface area contributed by atoms with Gasteiger partial charge in [-0.2, -0.15) is 0 Å². The normalized spacial score (nSPS) is 23.2. The number of nitrogens with one attached hydrogen (secondary N) is 1. The minimum atomic E-state index is -0.196. The molecule has 8 nitrogen and oxygen atoms in total. The predicted molar refractivity (Wildman–Crippen MR) is 104 cm³/mol. The number of likely N-dealkylation sites (tertiary alicyclic amines) is 1. The van der Waals surface area contributed by atoms with Crippen LogP contribution in [0.25, 0.3) is 0 Å². The molecule has 1 spiro atoms. The third kappa shape index (κ3) is 2.96. The number of carbonyl (C=O) groups is 2. The van der Waals surface area contributed by atoms with Gasteiger partial charge >= 0.3 is 0 Å². The highest BCUT2D eigenvalue weighted by Crippen LogP contribution is 2.49. The summed E-state index contributed by atoms with van der Waals surface area (Å²) in [6.07, 6.45) is 8.78. The van der Waals surface area contributed by atoms with Crippen LogP contribution >= 0.6 is 0 Å². The summed E-state index contributed by atoms with van der Waals surface area (Å²) < 4.78 is 7.20. The molecular weight excluding hydrogens is 370 g/mol. The van der Waals surface area contributed by atoms with Crippen LogP contribution in [0.3, 0.4) is 0 Å². The van der Waals surface area contributed by atoms with Gasteiger partial charge < -0.3 is 19.3 Å². The Morgan fingerprint density at radius 2 is 2.10 bits per heavy atom. The van der Waals surface area contributed by atoms with E-state index in [1.54, 1.807) is 6.20 Å². The molecule has 0 bridgehead atoms. The minimum absolute atomic E-state index is 0.0450. The molecule has 1 N–H and O–H groups in total. The molecule has 4 heterocycles. The number of imidazole rings is 1. The Hall–Kier alpha value is -2.64. The second kappa shape index (κ2) is 6.18. The van der Waals surface area contributed by atoms with Crippen molar-refractivity contribution in [3.05, 3.63) is 35.7 Å². The van der Waals surface area contributed by atoms with E-state index in [1.165, 1.54) is 6.26 Å². The molecule has 29 heavy (non-hydrogen) atoms. The largest absolute Gasteiger partial charge is 0.364 e. The number of rotatable bonds is 5. The first kappa shape index (κ1) is 18.4. The third-order valence-electron chi connectivity index (χ3n) is 6.73. The van der Waals surface area contributed by atoms with Crippen LogP contribution in [-0.4, -0.2) is 44.5 Å². The maximum Gasteiger partial charge on any atom is 0.259 e. The Morgan fingerprint density at radius 1 is 1.34 bits per heavy atom. The predicted octanol–water partition coefficient (Wildman–Crippen LogP) is 2.60. The number of aromatic nitrogens is 3. The van der Waals surface area contributed by atoms with Crippen LogP contribution < -0.4 is 5.32 Å². The van der Waals surface area contributed by atoms with E-state index in [-0.39, 0.29) is 34.7 Å². The summed E-state index contributed by atoms with van der Waals surface area (Å²) >= 11 is 0. The zero-order valence-corrected chi connectivity index (χ0v) is 17.1. The van der Waals surface area contributed by atoms with E-state index in [0.29, 0.717) is 30.8 Å². The van der Waals surface area contributed by atoms with Crippen molar-refractivity contribution in [1.82, 2.24) is 24.9 Å². The Bertz CT molecular complexity index is 965. The van der Waals surface area contributed by atoms with Gasteiger partial charge in [-0.15, -0.1) is 0 Å². The Labute approximate surface area is 169 Å². The highest BCUT2D eigenvalue weighted by Gasteiger charge is 2.54. The smallest absolute Gasteiger partial charge is 0.259 e. The van der Waals surface area contributed by atoms with Crippen LogP contribution in [0, 0.1) is 5.41 Å². The van der Waals surface area contributed by atoms with E-state index in [9.17, 15) is 9.59 Å². The van der Waals surface area contributed by atoms with Crippen LogP contribution in [0.1, 0.15) is 80.3 Å². The zero-order valence-electron chi connectivity index (χ0n) is 17.1. The minimum Gasteiger partial charge on any atom is -0.364 e. The summed E-state index contributed by atoms with van der Waals surface area (Å²) in [6.45, 7) is 7.35. The first-order valence-corrected chi connectivity index (χ1v) is 10.4. The van der Waals surface area contributed by atoms with Crippen molar-refractivity contribution < 1.29 is 14.1 Å². The summed E-state index contributed by atoms with van der Waals surface area (Å²) in [7, 11) is 0. The molecule has 1 unspecified atom stereocenters. The van der Waals surface area contributed by atoms with Gasteiger partial charge in [0.1, 0.15) is 17.7 Å². The number of amides is 2. The average Bonchev–Trinajstić information content (AvgIpc) is 3.07. The molecule has 1 aliphatic carbocycles. The molecule has 2 amide bonds. The van der Waals surface area contributed by atoms with Gasteiger partial charge in [-0.25, -0.2) is 4.98 Å². The van der Waals surface area contributed by atoms with Crippen molar-refractivity contribution in [2.75, 3.05) is 13.1 Å². The molecule has 1 saturated carbocycles. The van der Waals surface area contributed by atoms with E-state index in [4.69, 9.17) is 4.52 Å². The van der Waals surface area contributed by atoms with E-state index in [2.05, 4.69) is 26.9 Å². The summed E-state index contributed by atoms with van der Waals surface area (Å²) in [5.41, 5.74) is 1.23. The maximum absolute atomic E-state index is 13.0. The van der Waals surface area contributed by atoms with Gasteiger partial charge in [-0.1, -0.05) is 25.9 Å². The topological polar surface area (TPSA) is 93.3 Å². The SMILES string of the molecule is CC(C)c1nocc1C(=O)N1CC2(CC(NC(=O)CC3(C)CC3)c3nccn32)C1. The molecular formula is C21H27N5O3. The zero-order chi connectivity index (χ0) is 20.4. The molecule has 0 aromatic carbocycles. The first-order valence-electron chi connectivity index (χ1n) is 10.4. The molecule has 1 atom stereocenters. The lowest BCUT2D eigenvalue weighted by Gasteiger charge is -2.49. The van der Waals surface area contributed by atoms with Crippen LogP contribution in [0.5, 0.6) is 0 Å². The van der Waals surface area contributed by atoms with Crippen LogP contribution in [0.15, 0.2) is 23.2 Å². The summed E-state index contributed by atoms with van der Waals surface area (Å²) in [4.78, 5) is 31.8. The average molecular weight is 397 g/mol. The van der Waals surface area contributed by atoms with Gasteiger partial charge in [0, 0.05) is 38.3 Å². The van der Waals surface area contributed by atoms with Crippen LogP contribution in [0.4, 0.5) is 0 Å². The molecule has 2 aromatic rings. The quantitative estimate of drug-likeness (QED) is 0.837. The number of fused-ring (bicyclic) bond motifs is 2. The van der Waals surface area contributed by atoms with Gasteiger partial charge in [0.05, 0.1) is 17.3 Å². The van der Waals surface area contributed by atoms with Gasteiger partial charge in [0.2, 0.25) is 5.91 Å². The van der Waals surface area contributed by atoms with Crippen molar-refractivity contribution in [1.29, 1.82) is 0 Å². The van der Waals surface area contributed by atoms with Crippen molar-refractivity contribution in [2.24, 2.45) is 5.41 Å². The lowest BCUT2D eigenvalue weighted by Crippen LogP contribution is -2.63. The Kier molecular flexibility index (Phi) is 3.92.